The van der Waals surface area contributed by atoms with E-state index in [1.54, 1.807) is 0 Å². The molecule has 0 saturated carbocycles. The Kier molecular flexibility index (Phi) is 4.78. The fourth-order valence-electron chi connectivity index (χ4n) is 3.31. The van der Waals surface area contributed by atoms with Gasteiger partial charge in [-0.15, -0.1) is 0 Å². The number of piperidine rings is 1. The van der Waals surface area contributed by atoms with Gasteiger partial charge in [-0.3, -0.25) is 0 Å². The molecule has 1 aliphatic heterocycles. The van der Waals surface area contributed by atoms with Crippen molar-refractivity contribution in [2.75, 3.05) is 19.7 Å². The van der Waals surface area contributed by atoms with E-state index in [2.05, 4.69) is 6.08 Å². The van der Waals surface area contributed by atoms with Crippen molar-refractivity contribution in [2.24, 2.45) is 11.8 Å². The van der Waals surface area contributed by atoms with Crippen molar-refractivity contribution in [1.29, 1.82) is 0 Å². The molecule has 0 radical (unpaired) electrons. The molecule has 1 heterocycles. The van der Waals surface area contributed by atoms with Crippen LogP contribution in [0.15, 0.2) is 42.0 Å². The molecule has 22 heavy (non-hydrogen) atoms. The number of likely N-dealkylation sites (tertiary alicyclic amines) is 1. The number of hydrogen-bond donors (Lipinski definition) is 1. The van der Waals surface area contributed by atoms with Crippen molar-refractivity contribution >= 4 is 6.09 Å². The maximum absolute atomic E-state index is 12.1. The zero-order valence-electron chi connectivity index (χ0n) is 12.8. The second-order valence-corrected chi connectivity index (χ2v) is 6.22. The molecule has 3 rings (SSSR count). The van der Waals surface area contributed by atoms with Crippen molar-refractivity contribution in [1.82, 2.24) is 4.90 Å². The molecule has 0 spiro atoms. The molecule has 1 fully saturated rings. The molecular formula is C18H23NO3. The van der Waals surface area contributed by atoms with Crippen LogP contribution in [-0.2, 0) is 11.3 Å². The quantitative estimate of drug-likeness (QED) is 0.870. The molecule has 4 heteroatoms. The highest BCUT2D eigenvalue weighted by molar-refractivity contribution is 5.67. The van der Waals surface area contributed by atoms with Gasteiger partial charge in [-0.1, -0.05) is 36.4 Å². The van der Waals surface area contributed by atoms with Crippen LogP contribution in [0.2, 0.25) is 0 Å². The summed E-state index contributed by atoms with van der Waals surface area (Å²) < 4.78 is 5.38. The maximum Gasteiger partial charge on any atom is 0.410 e. The summed E-state index contributed by atoms with van der Waals surface area (Å²) in [4.78, 5) is 13.9. The van der Waals surface area contributed by atoms with Gasteiger partial charge in [0.25, 0.3) is 0 Å². The highest BCUT2D eigenvalue weighted by atomic mass is 16.6. The van der Waals surface area contributed by atoms with Gasteiger partial charge in [0.2, 0.25) is 0 Å². The third-order valence-corrected chi connectivity index (χ3v) is 4.76. The number of benzene rings is 1. The second-order valence-electron chi connectivity index (χ2n) is 6.22. The zero-order chi connectivity index (χ0) is 15.4. The summed E-state index contributed by atoms with van der Waals surface area (Å²) in [6.45, 7) is 2.08. The molecule has 1 saturated heterocycles. The molecule has 0 bridgehead atoms. The van der Waals surface area contributed by atoms with E-state index in [-0.39, 0.29) is 12.7 Å². The molecule has 1 aromatic rings. The minimum absolute atomic E-state index is 0.196. The van der Waals surface area contributed by atoms with Crippen LogP contribution in [0, 0.1) is 11.8 Å². The Bertz CT molecular complexity index is 533. The van der Waals surface area contributed by atoms with Crippen molar-refractivity contribution in [3.05, 3.63) is 47.5 Å². The van der Waals surface area contributed by atoms with E-state index in [0.29, 0.717) is 18.4 Å². The predicted octanol–water partition coefficient (Wildman–Crippen LogP) is 2.97. The van der Waals surface area contributed by atoms with Gasteiger partial charge >= 0.3 is 6.09 Å². The Labute approximate surface area is 131 Å². The van der Waals surface area contributed by atoms with Crippen molar-refractivity contribution in [3.8, 4) is 0 Å². The summed E-state index contributed by atoms with van der Waals surface area (Å²) in [5.74, 6) is 1.25. The predicted molar refractivity (Wildman–Crippen MR) is 84.2 cm³/mol. The van der Waals surface area contributed by atoms with Gasteiger partial charge in [0, 0.05) is 13.1 Å². The van der Waals surface area contributed by atoms with E-state index < -0.39 is 0 Å². The van der Waals surface area contributed by atoms with Gasteiger partial charge in [-0.05, 0) is 42.2 Å². The van der Waals surface area contributed by atoms with Crippen LogP contribution >= 0.6 is 0 Å². The molecule has 0 aromatic heterocycles. The largest absolute Gasteiger partial charge is 0.445 e. The number of allylic oxidation sites excluding steroid dienone is 1. The van der Waals surface area contributed by atoms with Crippen LogP contribution in [0.3, 0.4) is 0 Å². The highest BCUT2D eigenvalue weighted by Gasteiger charge is 2.31. The molecule has 1 unspecified atom stereocenters. The number of carbonyl (C=O) groups excluding carboxylic acids is 1. The average molecular weight is 301 g/mol. The van der Waals surface area contributed by atoms with Gasteiger partial charge in [0.1, 0.15) is 6.61 Å². The minimum Gasteiger partial charge on any atom is -0.445 e. The van der Waals surface area contributed by atoms with Gasteiger partial charge in [-0.2, -0.15) is 0 Å². The van der Waals surface area contributed by atoms with E-state index in [0.717, 1.165) is 43.5 Å². The molecule has 1 atom stereocenters. The number of ether oxygens (including phenoxy) is 1. The van der Waals surface area contributed by atoms with Crippen LogP contribution < -0.4 is 0 Å². The second kappa shape index (κ2) is 6.97. The SMILES string of the molecule is O=C(OCc1ccccc1)N1CCC(C2C=C(CO)C2)CC1. The van der Waals surface area contributed by atoms with E-state index >= 15 is 0 Å². The fourth-order valence-corrected chi connectivity index (χ4v) is 3.31. The lowest BCUT2D eigenvalue weighted by Crippen LogP contribution is -2.41. The Morgan fingerprint density at radius 1 is 1.23 bits per heavy atom. The summed E-state index contributed by atoms with van der Waals surface area (Å²) in [5.41, 5.74) is 2.18. The van der Waals surface area contributed by atoms with Crippen molar-refractivity contribution < 1.29 is 14.6 Å². The summed E-state index contributed by atoms with van der Waals surface area (Å²) in [7, 11) is 0. The number of nitrogens with zero attached hydrogens (tertiary/aromatic N) is 1. The summed E-state index contributed by atoms with van der Waals surface area (Å²) in [6, 6.07) is 9.76. The Morgan fingerprint density at radius 3 is 2.55 bits per heavy atom. The minimum atomic E-state index is -0.206. The van der Waals surface area contributed by atoms with Gasteiger partial charge in [0.05, 0.1) is 6.61 Å². The molecular weight excluding hydrogens is 278 g/mol. The monoisotopic (exact) mass is 301 g/mol. The number of aliphatic hydroxyl groups is 1. The van der Waals surface area contributed by atoms with Crippen LogP contribution in [0.5, 0.6) is 0 Å². The van der Waals surface area contributed by atoms with Gasteiger partial charge < -0.3 is 14.7 Å². The molecule has 1 amide bonds. The van der Waals surface area contributed by atoms with Crippen LogP contribution in [0.1, 0.15) is 24.8 Å². The standard InChI is InChI=1S/C18H23NO3/c20-12-15-10-17(11-15)16-6-8-19(9-7-16)18(21)22-13-14-4-2-1-3-5-14/h1-5,10,16-17,20H,6-9,11-13H2. The topological polar surface area (TPSA) is 49.8 Å². The number of carbonyl (C=O) groups is 1. The molecule has 2 aliphatic rings. The maximum atomic E-state index is 12.1. The summed E-state index contributed by atoms with van der Waals surface area (Å²) in [5, 5.41) is 9.03. The first-order chi connectivity index (χ1) is 10.8. The normalized spacial score (nSPS) is 22.0. The average Bonchev–Trinajstić information content (AvgIpc) is 2.53. The lowest BCUT2D eigenvalue weighted by Gasteiger charge is -2.38. The highest BCUT2D eigenvalue weighted by Crippen LogP contribution is 2.37. The Balaban J connectivity index is 1.41. The Hall–Kier alpha value is -1.81. The lowest BCUT2D eigenvalue weighted by atomic mass is 9.74. The third kappa shape index (κ3) is 3.50. The van der Waals surface area contributed by atoms with E-state index in [4.69, 9.17) is 9.84 Å². The third-order valence-electron chi connectivity index (χ3n) is 4.76. The molecule has 1 aromatic carbocycles. The van der Waals surface area contributed by atoms with Crippen molar-refractivity contribution in [3.63, 3.8) is 0 Å². The first-order valence-electron chi connectivity index (χ1n) is 8.02. The Morgan fingerprint density at radius 2 is 1.91 bits per heavy atom. The number of rotatable bonds is 4. The molecule has 4 nitrogen and oxygen atoms in total. The molecule has 118 valence electrons. The van der Waals surface area contributed by atoms with Crippen molar-refractivity contribution in [2.45, 2.75) is 25.9 Å². The lowest BCUT2D eigenvalue weighted by molar-refractivity contribution is 0.0768. The smallest absolute Gasteiger partial charge is 0.410 e. The first kappa shape index (κ1) is 15.1. The van der Waals surface area contributed by atoms with Crippen LogP contribution in [0.4, 0.5) is 4.79 Å². The van der Waals surface area contributed by atoms with Gasteiger partial charge in [-0.25, -0.2) is 4.79 Å². The molecule has 1 aliphatic carbocycles. The van der Waals surface area contributed by atoms with E-state index in [1.165, 1.54) is 0 Å². The first-order valence-corrected chi connectivity index (χ1v) is 8.02. The van der Waals surface area contributed by atoms with Crippen LogP contribution in [-0.4, -0.2) is 35.8 Å². The summed E-state index contributed by atoms with van der Waals surface area (Å²) in [6.07, 6.45) is 5.08. The fraction of sp³-hybridized carbons (Fsp3) is 0.500. The van der Waals surface area contributed by atoms with Crippen LogP contribution in [0.25, 0.3) is 0 Å². The zero-order valence-corrected chi connectivity index (χ0v) is 12.8. The number of aliphatic hydroxyl groups excluding tert-OH is 1. The van der Waals surface area contributed by atoms with Gasteiger partial charge in [0.15, 0.2) is 0 Å². The van der Waals surface area contributed by atoms with E-state index in [9.17, 15) is 4.79 Å². The summed E-state index contributed by atoms with van der Waals surface area (Å²) >= 11 is 0. The number of amides is 1. The number of hydrogen-bond acceptors (Lipinski definition) is 3. The van der Waals surface area contributed by atoms with E-state index in [1.807, 2.05) is 35.2 Å². The molecule has 1 N–H and O–H groups in total.